The summed E-state index contributed by atoms with van der Waals surface area (Å²) in [4.78, 5) is 13.3. The Morgan fingerprint density at radius 1 is 1.44 bits per heavy atom. The summed E-state index contributed by atoms with van der Waals surface area (Å²) in [5.41, 5.74) is -2.83. The molecule has 2 heterocycles. The number of carbonyl (C=O) groups is 1. The minimum atomic E-state index is -1.63. The van der Waals surface area contributed by atoms with Crippen molar-refractivity contribution in [3.05, 3.63) is 0 Å². The number of likely N-dealkylation sites (tertiary alicyclic amines) is 1. The summed E-state index contributed by atoms with van der Waals surface area (Å²) < 4.78 is 19.7. The average molecular weight is 260 g/mol. The summed E-state index contributed by atoms with van der Waals surface area (Å²) in [6.07, 6.45) is -0.416. The van der Waals surface area contributed by atoms with E-state index < -0.39 is 29.4 Å². The van der Waals surface area contributed by atoms with Crippen LogP contribution >= 0.6 is 0 Å². The Kier molecular flexibility index (Phi) is 3.06. The predicted octanol–water partition coefficient (Wildman–Crippen LogP) is 0.527. The molecule has 6 heteroatoms. The maximum atomic E-state index is 14.4. The average Bonchev–Trinajstić information content (AvgIpc) is 2.51. The van der Waals surface area contributed by atoms with Gasteiger partial charge in [-0.2, -0.15) is 0 Å². The van der Waals surface area contributed by atoms with Gasteiger partial charge in [-0.05, 0) is 20.8 Å². The van der Waals surface area contributed by atoms with Crippen LogP contribution < -0.4 is 5.32 Å². The summed E-state index contributed by atoms with van der Waals surface area (Å²) >= 11 is 0. The fraction of sp³-hybridized carbons (Fsp3) is 0.917. The lowest BCUT2D eigenvalue weighted by Crippen LogP contribution is -2.68. The molecular weight excluding hydrogens is 239 g/mol. The SMILES string of the molecule is CC(C)(C)OC(=O)N1CC2(CNC[C@@]2(F)CO)C1. The second-order valence-electron chi connectivity index (χ2n) is 6.34. The monoisotopic (exact) mass is 260 g/mol. The molecule has 104 valence electrons. The molecule has 2 N–H and O–H groups in total. The van der Waals surface area contributed by atoms with Gasteiger partial charge >= 0.3 is 6.09 Å². The molecule has 2 fully saturated rings. The van der Waals surface area contributed by atoms with E-state index >= 15 is 0 Å². The molecule has 0 aromatic heterocycles. The molecule has 0 unspecified atom stereocenters. The highest BCUT2D eigenvalue weighted by Crippen LogP contribution is 2.46. The zero-order valence-corrected chi connectivity index (χ0v) is 11.1. The number of amides is 1. The molecule has 5 nitrogen and oxygen atoms in total. The first-order valence-electron chi connectivity index (χ1n) is 6.20. The Bertz CT molecular complexity index is 350. The standard InChI is InChI=1S/C12H21FN2O3/c1-10(2,3)18-9(17)15-6-11(7-15)4-14-5-12(11,13)8-16/h14,16H,4-8H2,1-3H3/t12-/m1/s1. The van der Waals surface area contributed by atoms with E-state index in [-0.39, 0.29) is 6.54 Å². The Hall–Kier alpha value is -0.880. The van der Waals surface area contributed by atoms with Gasteiger partial charge in [0.25, 0.3) is 0 Å². The van der Waals surface area contributed by atoms with Gasteiger partial charge in [-0.25, -0.2) is 9.18 Å². The van der Waals surface area contributed by atoms with Crippen LogP contribution in [0.15, 0.2) is 0 Å². The van der Waals surface area contributed by atoms with Crippen LogP contribution in [0.2, 0.25) is 0 Å². The van der Waals surface area contributed by atoms with E-state index in [0.29, 0.717) is 19.6 Å². The molecule has 2 saturated heterocycles. The van der Waals surface area contributed by atoms with Gasteiger partial charge in [0.2, 0.25) is 0 Å². The van der Waals surface area contributed by atoms with Crippen molar-refractivity contribution in [1.82, 2.24) is 10.2 Å². The molecular formula is C12H21FN2O3. The first-order chi connectivity index (χ1) is 8.21. The highest BCUT2D eigenvalue weighted by Gasteiger charge is 2.63. The fourth-order valence-electron chi connectivity index (χ4n) is 2.60. The number of rotatable bonds is 1. The Morgan fingerprint density at radius 3 is 2.56 bits per heavy atom. The van der Waals surface area contributed by atoms with Gasteiger partial charge in [-0.1, -0.05) is 0 Å². The van der Waals surface area contributed by atoms with Gasteiger partial charge in [-0.15, -0.1) is 0 Å². The quantitative estimate of drug-likeness (QED) is 0.722. The van der Waals surface area contributed by atoms with E-state index in [0.717, 1.165) is 0 Å². The van der Waals surface area contributed by atoms with Gasteiger partial charge in [0, 0.05) is 26.2 Å². The smallest absolute Gasteiger partial charge is 0.410 e. The van der Waals surface area contributed by atoms with E-state index in [9.17, 15) is 14.3 Å². The lowest BCUT2D eigenvalue weighted by Gasteiger charge is -2.52. The molecule has 18 heavy (non-hydrogen) atoms. The van der Waals surface area contributed by atoms with Crippen molar-refractivity contribution in [2.75, 3.05) is 32.8 Å². The number of hydrogen-bond donors (Lipinski definition) is 2. The second-order valence-corrected chi connectivity index (χ2v) is 6.34. The lowest BCUT2D eigenvalue weighted by atomic mass is 9.70. The molecule has 0 aromatic rings. The van der Waals surface area contributed by atoms with Crippen molar-refractivity contribution < 1.29 is 19.0 Å². The summed E-state index contributed by atoms with van der Waals surface area (Å²) in [5, 5.41) is 12.1. The van der Waals surface area contributed by atoms with Crippen molar-refractivity contribution in [3.8, 4) is 0 Å². The van der Waals surface area contributed by atoms with E-state index in [1.54, 1.807) is 20.8 Å². The van der Waals surface area contributed by atoms with Gasteiger partial charge in [0.1, 0.15) is 5.60 Å². The van der Waals surface area contributed by atoms with E-state index in [1.807, 2.05) is 0 Å². The van der Waals surface area contributed by atoms with Gasteiger partial charge < -0.3 is 20.1 Å². The van der Waals surface area contributed by atoms with Crippen LogP contribution in [-0.4, -0.2) is 60.2 Å². The van der Waals surface area contributed by atoms with Crippen LogP contribution in [0.25, 0.3) is 0 Å². The fourth-order valence-corrected chi connectivity index (χ4v) is 2.60. The number of alkyl halides is 1. The molecule has 0 radical (unpaired) electrons. The van der Waals surface area contributed by atoms with Crippen LogP contribution in [0.4, 0.5) is 9.18 Å². The third-order valence-corrected chi connectivity index (χ3v) is 3.71. The van der Waals surface area contributed by atoms with Crippen LogP contribution in [0.5, 0.6) is 0 Å². The number of aliphatic hydroxyl groups is 1. The number of aliphatic hydroxyl groups excluding tert-OH is 1. The van der Waals surface area contributed by atoms with Crippen LogP contribution in [0.1, 0.15) is 20.8 Å². The zero-order valence-electron chi connectivity index (χ0n) is 11.1. The highest BCUT2D eigenvalue weighted by atomic mass is 19.1. The zero-order chi connectivity index (χ0) is 13.6. The van der Waals surface area contributed by atoms with E-state index in [2.05, 4.69) is 5.32 Å². The van der Waals surface area contributed by atoms with E-state index in [1.165, 1.54) is 4.90 Å². The Balaban J connectivity index is 1.96. The first-order valence-corrected chi connectivity index (χ1v) is 6.20. The van der Waals surface area contributed by atoms with Crippen LogP contribution in [-0.2, 0) is 4.74 Å². The highest BCUT2D eigenvalue weighted by molar-refractivity contribution is 5.69. The summed E-state index contributed by atoms with van der Waals surface area (Å²) in [5.74, 6) is 0. The molecule has 1 spiro atoms. The van der Waals surface area contributed by atoms with Crippen molar-refractivity contribution in [3.63, 3.8) is 0 Å². The largest absolute Gasteiger partial charge is 0.444 e. The lowest BCUT2D eigenvalue weighted by molar-refractivity contribution is -0.105. The molecule has 2 rings (SSSR count). The van der Waals surface area contributed by atoms with Crippen molar-refractivity contribution in [2.45, 2.75) is 32.0 Å². The van der Waals surface area contributed by atoms with Gasteiger partial charge in [0.05, 0.1) is 12.0 Å². The minimum absolute atomic E-state index is 0.145. The van der Waals surface area contributed by atoms with Crippen molar-refractivity contribution in [2.24, 2.45) is 5.41 Å². The number of halogens is 1. The van der Waals surface area contributed by atoms with Crippen molar-refractivity contribution in [1.29, 1.82) is 0 Å². The second kappa shape index (κ2) is 4.06. The number of ether oxygens (including phenoxy) is 1. The minimum Gasteiger partial charge on any atom is -0.444 e. The predicted molar refractivity (Wildman–Crippen MR) is 64.0 cm³/mol. The molecule has 2 aliphatic heterocycles. The Morgan fingerprint density at radius 2 is 2.06 bits per heavy atom. The number of nitrogens with one attached hydrogen (secondary N) is 1. The van der Waals surface area contributed by atoms with Crippen molar-refractivity contribution >= 4 is 6.09 Å². The van der Waals surface area contributed by atoms with Crippen LogP contribution in [0.3, 0.4) is 0 Å². The summed E-state index contributed by atoms with van der Waals surface area (Å²) in [6, 6.07) is 0. The third-order valence-electron chi connectivity index (χ3n) is 3.71. The first kappa shape index (κ1) is 13.5. The molecule has 0 bridgehead atoms. The number of hydrogen-bond acceptors (Lipinski definition) is 4. The van der Waals surface area contributed by atoms with Gasteiger partial charge in [0.15, 0.2) is 5.67 Å². The summed E-state index contributed by atoms with van der Waals surface area (Å²) in [6.45, 7) is 6.11. The molecule has 0 saturated carbocycles. The van der Waals surface area contributed by atoms with Crippen LogP contribution in [0, 0.1) is 5.41 Å². The normalized spacial score (nSPS) is 30.4. The van der Waals surface area contributed by atoms with Gasteiger partial charge in [-0.3, -0.25) is 0 Å². The summed E-state index contributed by atoms with van der Waals surface area (Å²) in [7, 11) is 0. The third kappa shape index (κ3) is 2.07. The number of carbonyl (C=O) groups excluding carboxylic acids is 1. The Labute approximate surface area is 106 Å². The molecule has 0 aromatic carbocycles. The molecule has 0 aliphatic carbocycles. The molecule has 1 atom stereocenters. The molecule has 2 aliphatic rings. The number of nitrogens with zero attached hydrogens (tertiary/aromatic N) is 1. The topological polar surface area (TPSA) is 61.8 Å². The molecule has 1 amide bonds. The van der Waals surface area contributed by atoms with E-state index in [4.69, 9.17) is 4.74 Å². The maximum absolute atomic E-state index is 14.4. The maximum Gasteiger partial charge on any atom is 0.410 e.